The Bertz CT molecular complexity index is 483. The van der Waals surface area contributed by atoms with E-state index in [4.69, 9.17) is 4.55 Å². The largest absolute Gasteiger partial charge is 0.304 e. The molecule has 0 saturated carbocycles. The Kier molecular flexibility index (Phi) is 2.88. The predicted molar refractivity (Wildman–Crippen MR) is 50.6 cm³/mol. The molecule has 0 spiro atoms. The molecule has 0 unspecified atom stereocenters. The molecule has 0 aliphatic heterocycles. The van der Waals surface area contributed by atoms with E-state index in [1.54, 1.807) is 0 Å². The molecule has 0 amide bonds. The van der Waals surface area contributed by atoms with Gasteiger partial charge in [0.2, 0.25) is 0 Å². The van der Waals surface area contributed by atoms with Crippen LogP contribution in [0.2, 0.25) is 0 Å². The van der Waals surface area contributed by atoms with Crippen molar-refractivity contribution in [2.24, 2.45) is 0 Å². The average molecular weight is 282 g/mol. The highest BCUT2D eigenvalue weighted by Crippen LogP contribution is 2.31. The summed E-state index contributed by atoms with van der Waals surface area (Å²) >= 11 is 2.82. The summed E-state index contributed by atoms with van der Waals surface area (Å²) in [5, 5.41) is 10.5. The summed E-state index contributed by atoms with van der Waals surface area (Å²) in [7, 11) is -4.57. The molecule has 14 heavy (non-hydrogen) atoms. The lowest BCUT2D eigenvalue weighted by Gasteiger charge is -2.00. The van der Waals surface area contributed by atoms with Crippen LogP contribution in [0.3, 0.4) is 0 Å². The monoisotopic (exact) mass is 281 g/mol. The first-order chi connectivity index (χ1) is 6.34. The lowest BCUT2D eigenvalue weighted by molar-refractivity contribution is -0.388. The molecule has 0 saturated heterocycles. The van der Waals surface area contributed by atoms with Crippen LogP contribution in [-0.4, -0.2) is 17.9 Å². The Balaban J connectivity index is 3.61. The van der Waals surface area contributed by atoms with Crippen molar-refractivity contribution < 1.29 is 17.9 Å². The molecule has 0 radical (unpaired) electrons. The Hall–Kier alpha value is -0.990. The van der Waals surface area contributed by atoms with Gasteiger partial charge in [-0.05, 0) is 28.1 Å². The molecule has 76 valence electrons. The number of hydrogen-bond acceptors (Lipinski definition) is 4. The van der Waals surface area contributed by atoms with E-state index in [0.717, 1.165) is 6.07 Å². The van der Waals surface area contributed by atoms with Crippen LogP contribution in [0.25, 0.3) is 0 Å². The van der Waals surface area contributed by atoms with Gasteiger partial charge in [-0.2, -0.15) is 8.42 Å². The molecule has 1 rings (SSSR count). The number of hydrogen-bond donors (Lipinski definition) is 1. The maximum absolute atomic E-state index is 10.7. The number of halogens is 1. The smallest absolute Gasteiger partial charge is 0.282 e. The van der Waals surface area contributed by atoms with E-state index in [2.05, 4.69) is 15.9 Å². The van der Waals surface area contributed by atoms with Crippen LogP contribution >= 0.6 is 15.9 Å². The van der Waals surface area contributed by atoms with Crippen molar-refractivity contribution in [2.45, 2.75) is 4.90 Å². The number of rotatable bonds is 2. The molecule has 0 aliphatic carbocycles. The van der Waals surface area contributed by atoms with E-state index in [0.29, 0.717) is 0 Å². The molecule has 8 heteroatoms. The Morgan fingerprint density at radius 2 is 2.00 bits per heavy atom. The van der Waals surface area contributed by atoms with Crippen LogP contribution in [0.4, 0.5) is 5.69 Å². The van der Waals surface area contributed by atoms with Gasteiger partial charge < -0.3 is 0 Å². The summed E-state index contributed by atoms with van der Waals surface area (Å²) in [4.78, 5) is 8.88. The third-order valence-electron chi connectivity index (χ3n) is 1.41. The normalized spacial score (nSPS) is 11.3. The summed E-state index contributed by atoms with van der Waals surface area (Å²) in [6.07, 6.45) is 0. The lowest BCUT2D eigenvalue weighted by atomic mass is 10.3. The second-order valence-corrected chi connectivity index (χ2v) is 4.56. The average Bonchev–Trinajstić information content (AvgIpc) is 2.01. The molecule has 0 aromatic heterocycles. The maximum atomic E-state index is 10.7. The van der Waals surface area contributed by atoms with Crippen molar-refractivity contribution >= 4 is 31.7 Å². The summed E-state index contributed by atoms with van der Waals surface area (Å²) in [5.41, 5.74) is -0.671. The van der Waals surface area contributed by atoms with Crippen LogP contribution in [0.15, 0.2) is 27.6 Å². The first-order valence-corrected chi connectivity index (χ1v) is 5.47. The fraction of sp³-hybridized carbons (Fsp3) is 0. The first-order valence-electron chi connectivity index (χ1n) is 3.24. The SMILES string of the molecule is O=[N+]([O-])c1c(Br)cccc1S(=O)(=O)O. The highest BCUT2D eigenvalue weighted by molar-refractivity contribution is 9.10. The molecule has 1 N–H and O–H groups in total. The summed E-state index contributed by atoms with van der Waals surface area (Å²) in [6.45, 7) is 0. The van der Waals surface area contributed by atoms with Gasteiger partial charge in [0.05, 0.1) is 9.40 Å². The highest BCUT2D eigenvalue weighted by atomic mass is 79.9. The number of nitrogens with zero attached hydrogens (tertiary/aromatic N) is 1. The van der Waals surface area contributed by atoms with Crippen molar-refractivity contribution in [3.05, 3.63) is 32.8 Å². The molecule has 0 heterocycles. The van der Waals surface area contributed by atoms with Gasteiger partial charge in [-0.3, -0.25) is 14.7 Å². The number of para-hydroxylation sites is 1. The Morgan fingerprint density at radius 3 is 2.36 bits per heavy atom. The second-order valence-electron chi connectivity index (χ2n) is 2.32. The summed E-state index contributed by atoms with van der Waals surface area (Å²) < 4.78 is 30.2. The Morgan fingerprint density at radius 1 is 1.43 bits per heavy atom. The standard InChI is InChI=1S/C6H4BrNO5S/c7-4-2-1-3-5(14(11,12)13)6(4)8(9)10/h1-3H,(H,11,12,13). The maximum Gasteiger partial charge on any atom is 0.304 e. The van der Waals surface area contributed by atoms with Crippen LogP contribution in [0.5, 0.6) is 0 Å². The van der Waals surface area contributed by atoms with E-state index in [-0.39, 0.29) is 4.47 Å². The molecule has 0 aliphatic rings. The topological polar surface area (TPSA) is 97.5 Å². The van der Waals surface area contributed by atoms with Gasteiger partial charge in [-0.1, -0.05) is 6.07 Å². The first kappa shape index (κ1) is 11.1. The predicted octanol–water partition coefficient (Wildman–Crippen LogP) is 1.60. The molecule has 6 nitrogen and oxygen atoms in total. The Labute approximate surface area is 87.6 Å². The van der Waals surface area contributed by atoms with Crippen molar-refractivity contribution in [1.29, 1.82) is 0 Å². The number of nitro groups is 1. The minimum atomic E-state index is -4.57. The fourth-order valence-corrected chi connectivity index (χ4v) is 2.20. The zero-order chi connectivity index (χ0) is 10.9. The van der Waals surface area contributed by atoms with Gasteiger partial charge in [0.1, 0.15) is 0 Å². The molecule has 0 atom stereocenters. The van der Waals surface area contributed by atoms with Gasteiger partial charge in [0.25, 0.3) is 0 Å². The van der Waals surface area contributed by atoms with Crippen LogP contribution in [0, 0.1) is 10.1 Å². The van der Waals surface area contributed by atoms with Crippen molar-refractivity contribution in [3.8, 4) is 0 Å². The zero-order valence-corrected chi connectivity index (χ0v) is 8.95. The quantitative estimate of drug-likeness (QED) is 0.504. The van der Waals surface area contributed by atoms with Crippen LogP contribution in [-0.2, 0) is 10.1 Å². The number of benzene rings is 1. The van der Waals surface area contributed by atoms with Crippen LogP contribution < -0.4 is 0 Å². The molecular weight excluding hydrogens is 278 g/mol. The van der Waals surface area contributed by atoms with Gasteiger partial charge in [0.15, 0.2) is 4.90 Å². The third kappa shape index (κ3) is 2.08. The molecule has 1 aromatic rings. The van der Waals surface area contributed by atoms with Crippen molar-refractivity contribution in [2.75, 3.05) is 0 Å². The molecular formula is C6H4BrNO5S. The summed E-state index contributed by atoms with van der Waals surface area (Å²) in [6, 6.07) is 3.55. The van der Waals surface area contributed by atoms with E-state index >= 15 is 0 Å². The summed E-state index contributed by atoms with van der Waals surface area (Å²) in [5.74, 6) is 0. The van der Waals surface area contributed by atoms with E-state index in [9.17, 15) is 18.5 Å². The highest BCUT2D eigenvalue weighted by Gasteiger charge is 2.26. The van der Waals surface area contributed by atoms with Gasteiger partial charge >= 0.3 is 15.8 Å². The van der Waals surface area contributed by atoms with Crippen LogP contribution in [0.1, 0.15) is 0 Å². The lowest BCUT2D eigenvalue weighted by Crippen LogP contribution is -2.03. The van der Waals surface area contributed by atoms with Gasteiger partial charge in [-0.25, -0.2) is 0 Å². The minimum Gasteiger partial charge on any atom is -0.282 e. The fourth-order valence-electron chi connectivity index (χ4n) is 0.881. The van der Waals surface area contributed by atoms with E-state index < -0.39 is 25.6 Å². The van der Waals surface area contributed by atoms with E-state index in [1.807, 2.05) is 0 Å². The molecule has 1 aromatic carbocycles. The molecule has 0 fully saturated rings. The van der Waals surface area contributed by atoms with Gasteiger partial charge in [0, 0.05) is 0 Å². The third-order valence-corrected chi connectivity index (χ3v) is 2.94. The number of nitro benzene ring substituents is 1. The minimum absolute atomic E-state index is 0.00220. The second kappa shape index (κ2) is 3.64. The van der Waals surface area contributed by atoms with Crippen molar-refractivity contribution in [3.63, 3.8) is 0 Å². The van der Waals surface area contributed by atoms with E-state index in [1.165, 1.54) is 12.1 Å². The van der Waals surface area contributed by atoms with Gasteiger partial charge in [-0.15, -0.1) is 0 Å². The zero-order valence-electron chi connectivity index (χ0n) is 6.55. The molecule has 0 bridgehead atoms. The van der Waals surface area contributed by atoms with Crippen molar-refractivity contribution in [1.82, 2.24) is 0 Å².